The Labute approximate surface area is 92.6 Å². The number of carboxylic acids is 1. The van der Waals surface area contributed by atoms with Crippen LogP contribution in [0.1, 0.15) is 11.3 Å². The van der Waals surface area contributed by atoms with E-state index in [1.54, 1.807) is 0 Å². The number of rotatable bonds is 2. The Kier molecular flexibility index (Phi) is 2.53. The summed E-state index contributed by atoms with van der Waals surface area (Å²) in [6.07, 6.45) is -4.98. The molecule has 1 aromatic heterocycles. The fourth-order valence-corrected chi connectivity index (χ4v) is 1.43. The third-order valence-electron chi connectivity index (χ3n) is 2.19. The van der Waals surface area contributed by atoms with Gasteiger partial charge in [-0.3, -0.25) is 4.79 Å². The molecular formula is C10H6F3NO3. The number of hydrogen-bond donors (Lipinski definition) is 1. The second kappa shape index (κ2) is 3.76. The van der Waals surface area contributed by atoms with Crippen molar-refractivity contribution in [3.63, 3.8) is 0 Å². The molecule has 0 spiro atoms. The van der Waals surface area contributed by atoms with Gasteiger partial charge in [-0.25, -0.2) is 0 Å². The van der Waals surface area contributed by atoms with Gasteiger partial charge in [0.2, 0.25) is 0 Å². The van der Waals surface area contributed by atoms with Crippen LogP contribution in [0.25, 0.3) is 10.9 Å². The normalized spacial score (nSPS) is 11.9. The van der Waals surface area contributed by atoms with E-state index in [0.717, 1.165) is 18.2 Å². The molecule has 0 aliphatic heterocycles. The van der Waals surface area contributed by atoms with Gasteiger partial charge in [-0.05, 0) is 18.2 Å². The van der Waals surface area contributed by atoms with Crippen molar-refractivity contribution in [2.24, 2.45) is 0 Å². The fraction of sp³-hybridized carbons (Fsp3) is 0.200. The van der Waals surface area contributed by atoms with Crippen molar-refractivity contribution in [3.05, 3.63) is 29.5 Å². The molecule has 1 heterocycles. The predicted molar refractivity (Wildman–Crippen MR) is 50.4 cm³/mol. The summed E-state index contributed by atoms with van der Waals surface area (Å²) in [5.74, 6) is -1.28. The molecule has 1 N–H and O–H groups in total. The molecule has 0 aliphatic carbocycles. The molecule has 17 heavy (non-hydrogen) atoms. The van der Waals surface area contributed by atoms with Gasteiger partial charge in [0.05, 0.1) is 5.56 Å². The number of aliphatic carboxylic acids is 1. The van der Waals surface area contributed by atoms with Gasteiger partial charge >= 0.3 is 12.1 Å². The van der Waals surface area contributed by atoms with Crippen molar-refractivity contribution in [2.45, 2.75) is 12.6 Å². The van der Waals surface area contributed by atoms with Crippen LogP contribution in [-0.2, 0) is 17.4 Å². The number of alkyl halides is 3. The summed E-state index contributed by atoms with van der Waals surface area (Å²) in [5, 5.41) is 12.1. The number of halogens is 3. The van der Waals surface area contributed by atoms with Gasteiger partial charge in [0.25, 0.3) is 0 Å². The topological polar surface area (TPSA) is 63.3 Å². The highest BCUT2D eigenvalue weighted by Gasteiger charge is 2.31. The highest BCUT2D eigenvalue weighted by Crippen LogP contribution is 2.32. The molecule has 0 bridgehead atoms. The second-order valence-electron chi connectivity index (χ2n) is 3.41. The lowest BCUT2D eigenvalue weighted by Gasteiger charge is -2.05. The van der Waals surface area contributed by atoms with E-state index < -0.39 is 24.1 Å². The third kappa shape index (κ3) is 2.22. The summed E-state index contributed by atoms with van der Waals surface area (Å²) < 4.78 is 42.0. The number of carbonyl (C=O) groups is 1. The standard InChI is InChI=1S/C10H6F3NO3/c11-10(12,13)5-1-2-7-6(3-5)8(17-14-7)4-9(15)16/h1-3H,4H2,(H,15,16). The molecule has 2 aromatic rings. The summed E-state index contributed by atoms with van der Waals surface area (Å²) in [4.78, 5) is 10.5. The molecule has 0 amide bonds. The first kappa shape index (κ1) is 11.4. The number of hydrogen-bond acceptors (Lipinski definition) is 3. The Morgan fingerprint density at radius 3 is 2.71 bits per heavy atom. The molecule has 0 saturated carbocycles. The van der Waals surface area contributed by atoms with Crippen LogP contribution in [0.5, 0.6) is 0 Å². The van der Waals surface area contributed by atoms with Crippen LogP contribution in [0.2, 0.25) is 0 Å². The monoisotopic (exact) mass is 245 g/mol. The zero-order valence-corrected chi connectivity index (χ0v) is 8.28. The smallest absolute Gasteiger partial charge is 0.416 e. The summed E-state index contributed by atoms with van der Waals surface area (Å²) in [7, 11) is 0. The van der Waals surface area contributed by atoms with Crippen molar-refractivity contribution in [3.8, 4) is 0 Å². The van der Waals surface area contributed by atoms with E-state index in [1.807, 2.05) is 0 Å². The van der Waals surface area contributed by atoms with Gasteiger partial charge in [-0.2, -0.15) is 13.2 Å². The van der Waals surface area contributed by atoms with E-state index in [0.29, 0.717) is 0 Å². The SMILES string of the molecule is O=C(O)Cc1onc2ccc(C(F)(F)F)cc12. The lowest BCUT2D eigenvalue weighted by molar-refractivity contribution is -0.137. The Bertz CT molecular complexity index is 574. The Balaban J connectivity index is 2.54. The number of aromatic nitrogens is 1. The van der Waals surface area contributed by atoms with Crippen molar-refractivity contribution in [1.29, 1.82) is 0 Å². The molecule has 2 rings (SSSR count). The summed E-state index contributed by atoms with van der Waals surface area (Å²) in [5.41, 5.74) is -0.658. The quantitative estimate of drug-likeness (QED) is 0.882. The average molecular weight is 245 g/mol. The summed E-state index contributed by atoms with van der Waals surface area (Å²) in [6.45, 7) is 0. The Hall–Kier alpha value is -2.05. The van der Waals surface area contributed by atoms with Crippen LogP contribution in [0.4, 0.5) is 13.2 Å². The average Bonchev–Trinajstić information content (AvgIpc) is 2.59. The lowest BCUT2D eigenvalue weighted by atomic mass is 10.1. The highest BCUT2D eigenvalue weighted by molar-refractivity contribution is 5.84. The maximum absolute atomic E-state index is 12.4. The molecular weight excluding hydrogens is 239 g/mol. The molecule has 0 atom stereocenters. The first-order valence-electron chi connectivity index (χ1n) is 4.55. The van der Waals surface area contributed by atoms with Gasteiger partial charge < -0.3 is 9.63 Å². The van der Waals surface area contributed by atoms with E-state index in [4.69, 9.17) is 9.63 Å². The van der Waals surface area contributed by atoms with Gasteiger partial charge in [0.1, 0.15) is 11.9 Å². The number of nitrogens with zero attached hydrogens (tertiary/aromatic N) is 1. The third-order valence-corrected chi connectivity index (χ3v) is 2.19. The largest absolute Gasteiger partial charge is 0.481 e. The minimum atomic E-state index is -4.48. The van der Waals surface area contributed by atoms with Crippen LogP contribution in [0.3, 0.4) is 0 Å². The van der Waals surface area contributed by atoms with E-state index in [-0.39, 0.29) is 16.7 Å². The molecule has 90 valence electrons. The minimum absolute atomic E-state index is 0.0715. The molecule has 0 saturated heterocycles. The summed E-state index contributed by atoms with van der Waals surface area (Å²) in [6, 6.07) is 2.85. The van der Waals surface area contributed by atoms with Crippen LogP contribution < -0.4 is 0 Å². The predicted octanol–water partition coefficient (Wildman–Crippen LogP) is 2.47. The zero-order valence-electron chi connectivity index (χ0n) is 8.28. The Morgan fingerprint density at radius 2 is 2.12 bits per heavy atom. The van der Waals surface area contributed by atoms with Crippen LogP contribution >= 0.6 is 0 Å². The summed E-state index contributed by atoms with van der Waals surface area (Å²) >= 11 is 0. The van der Waals surface area contributed by atoms with E-state index in [1.165, 1.54) is 0 Å². The first-order valence-corrected chi connectivity index (χ1v) is 4.55. The van der Waals surface area contributed by atoms with Crippen molar-refractivity contribution < 1.29 is 27.6 Å². The Morgan fingerprint density at radius 1 is 1.41 bits per heavy atom. The van der Waals surface area contributed by atoms with Gasteiger partial charge in [0.15, 0.2) is 5.76 Å². The van der Waals surface area contributed by atoms with Gasteiger partial charge in [-0.15, -0.1) is 0 Å². The number of carboxylic acid groups (broad SMARTS) is 1. The number of fused-ring (bicyclic) bond motifs is 1. The molecule has 0 radical (unpaired) electrons. The molecule has 0 fully saturated rings. The fourth-order valence-electron chi connectivity index (χ4n) is 1.43. The minimum Gasteiger partial charge on any atom is -0.481 e. The van der Waals surface area contributed by atoms with Gasteiger partial charge in [-0.1, -0.05) is 5.16 Å². The van der Waals surface area contributed by atoms with E-state index >= 15 is 0 Å². The molecule has 7 heteroatoms. The lowest BCUT2D eigenvalue weighted by Crippen LogP contribution is -2.04. The second-order valence-corrected chi connectivity index (χ2v) is 3.41. The van der Waals surface area contributed by atoms with E-state index in [9.17, 15) is 18.0 Å². The molecule has 0 unspecified atom stereocenters. The van der Waals surface area contributed by atoms with Crippen molar-refractivity contribution in [1.82, 2.24) is 5.16 Å². The van der Waals surface area contributed by atoms with E-state index in [2.05, 4.69) is 5.16 Å². The van der Waals surface area contributed by atoms with Crippen molar-refractivity contribution >= 4 is 16.9 Å². The molecule has 1 aromatic carbocycles. The highest BCUT2D eigenvalue weighted by atomic mass is 19.4. The molecule has 4 nitrogen and oxygen atoms in total. The van der Waals surface area contributed by atoms with Crippen molar-refractivity contribution in [2.75, 3.05) is 0 Å². The van der Waals surface area contributed by atoms with Gasteiger partial charge in [0, 0.05) is 5.39 Å². The van der Waals surface area contributed by atoms with Crippen LogP contribution in [0, 0.1) is 0 Å². The maximum Gasteiger partial charge on any atom is 0.416 e. The number of benzene rings is 1. The van der Waals surface area contributed by atoms with Crippen LogP contribution in [0.15, 0.2) is 22.7 Å². The van der Waals surface area contributed by atoms with Crippen LogP contribution in [-0.4, -0.2) is 16.2 Å². The maximum atomic E-state index is 12.4. The zero-order chi connectivity index (χ0) is 12.6. The first-order chi connectivity index (χ1) is 7.88. The molecule has 0 aliphatic rings.